The number of hydrogen-bond acceptors (Lipinski definition) is 5. The van der Waals surface area contributed by atoms with Crippen LogP contribution in [0.25, 0.3) is 0 Å². The first-order chi connectivity index (χ1) is 9.12. The topological polar surface area (TPSA) is 68.6 Å². The second-order valence-corrected chi connectivity index (χ2v) is 4.77. The highest BCUT2D eigenvalue weighted by atomic mass is 16.3. The van der Waals surface area contributed by atoms with Gasteiger partial charge in [-0.1, -0.05) is 13.0 Å². The molecule has 0 fully saturated rings. The van der Waals surface area contributed by atoms with Crippen LogP contribution in [0.2, 0.25) is 0 Å². The van der Waals surface area contributed by atoms with Crippen LogP contribution in [0.4, 0.5) is 5.82 Å². The van der Waals surface area contributed by atoms with E-state index in [4.69, 9.17) is 0 Å². The van der Waals surface area contributed by atoms with Crippen molar-refractivity contribution in [2.24, 2.45) is 0 Å². The zero-order valence-electron chi connectivity index (χ0n) is 12.0. The number of nitrogens with zero attached hydrogens (tertiary/aromatic N) is 2. The van der Waals surface area contributed by atoms with Gasteiger partial charge >= 0.3 is 0 Å². The molecule has 0 saturated heterocycles. The van der Waals surface area contributed by atoms with Crippen LogP contribution in [0.5, 0.6) is 0 Å². The predicted molar refractivity (Wildman–Crippen MR) is 77.2 cm³/mol. The van der Waals surface area contributed by atoms with Crippen molar-refractivity contribution in [2.45, 2.75) is 32.4 Å². The van der Waals surface area contributed by atoms with Gasteiger partial charge in [0.25, 0.3) is 0 Å². The fraction of sp³-hybridized carbons (Fsp3) is 0.643. The van der Waals surface area contributed by atoms with Crippen molar-refractivity contribution in [1.29, 1.82) is 0 Å². The average Bonchev–Trinajstić information content (AvgIpc) is 2.46. The summed E-state index contributed by atoms with van der Waals surface area (Å²) in [6.45, 7) is 5.53. The molecule has 1 rings (SSSR count). The summed E-state index contributed by atoms with van der Waals surface area (Å²) in [4.78, 5) is 6.29. The lowest BCUT2D eigenvalue weighted by Crippen LogP contribution is -2.39. The summed E-state index contributed by atoms with van der Waals surface area (Å²) >= 11 is 0. The number of aliphatic hydroxyl groups is 2. The molecule has 1 heterocycles. The summed E-state index contributed by atoms with van der Waals surface area (Å²) in [6, 6.07) is 3.77. The van der Waals surface area contributed by atoms with Gasteiger partial charge in [0.1, 0.15) is 5.82 Å². The lowest BCUT2D eigenvalue weighted by molar-refractivity contribution is 0.0684. The number of rotatable bonds is 8. The van der Waals surface area contributed by atoms with Gasteiger partial charge in [-0.15, -0.1) is 0 Å². The summed E-state index contributed by atoms with van der Waals surface area (Å²) in [5.41, 5.74) is 0.797. The van der Waals surface area contributed by atoms with Gasteiger partial charge in [0.2, 0.25) is 0 Å². The summed E-state index contributed by atoms with van der Waals surface area (Å²) in [5.74, 6) is 0.782. The van der Waals surface area contributed by atoms with Gasteiger partial charge in [-0.05, 0) is 26.0 Å². The van der Waals surface area contributed by atoms with Crippen LogP contribution in [-0.4, -0.2) is 52.9 Å². The third kappa shape index (κ3) is 4.78. The van der Waals surface area contributed by atoms with Crippen LogP contribution < -0.4 is 5.32 Å². The van der Waals surface area contributed by atoms with Crippen LogP contribution in [0.15, 0.2) is 18.3 Å². The number of aromatic nitrogens is 1. The smallest absolute Gasteiger partial charge is 0.125 e. The third-order valence-corrected chi connectivity index (χ3v) is 3.23. The summed E-state index contributed by atoms with van der Waals surface area (Å²) in [6.07, 6.45) is 2.09. The van der Waals surface area contributed by atoms with E-state index in [0.29, 0.717) is 6.54 Å². The zero-order chi connectivity index (χ0) is 14.3. The van der Waals surface area contributed by atoms with Crippen molar-refractivity contribution in [3.63, 3.8) is 0 Å². The second-order valence-electron chi connectivity index (χ2n) is 4.77. The van der Waals surface area contributed by atoms with E-state index in [9.17, 15) is 10.2 Å². The van der Waals surface area contributed by atoms with E-state index in [-0.39, 0.29) is 12.6 Å². The van der Waals surface area contributed by atoms with Gasteiger partial charge in [0, 0.05) is 31.4 Å². The fourth-order valence-electron chi connectivity index (χ4n) is 1.97. The first-order valence-electron chi connectivity index (χ1n) is 6.79. The van der Waals surface area contributed by atoms with Gasteiger partial charge in [0.05, 0.1) is 12.7 Å². The van der Waals surface area contributed by atoms with E-state index >= 15 is 0 Å². The van der Waals surface area contributed by atoms with Crippen LogP contribution >= 0.6 is 0 Å². The normalized spacial score (nSPS) is 14.4. The molecular formula is C14H25N3O2. The predicted octanol–water partition coefficient (Wildman–Crippen LogP) is 1.25. The van der Waals surface area contributed by atoms with Gasteiger partial charge in [-0.3, -0.25) is 4.90 Å². The molecule has 1 aromatic rings. The maximum atomic E-state index is 10.2. The quantitative estimate of drug-likeness (QED) is 0.661. The van der Waals surface area contributed by atoms with E-state index in [0.717, 1.165) is 24.3 Å². The SMILES string of the molecule is CCCN(CC(O)c1ccc(NC)nc1)[C@@H](C)CO. The Morgan fingerprint density at radius 1 is 1.42 bits per heavy atom. The summed E-state index contributed by atoms with van der Waals surface area (Å²) in [7, 11) is 1.81. The van der Waals surface area contributed by atoms with E-state index < -0.39 is 6.10 Å². The minimum atomic E-state index is -0.584. The van der Waals surface area contributed by atoms with Crippen LogP contribution in [0.1, 0.15) is 31.9 Å². The fourth-order valence-corrected chi connectivity index (χ4v) is 1.97. The minimum Gasteiger partial charge on any atom is -0.395 e. The van der Waals surface area contributed by atoms with Gasteiger partial charge in [0.15, 0.2) is 0 Å². The molecule has 5 heteroatoms. The highest BCUT2D eigenvalue weighted by Crippen LogP contribution is 2.16. The Kier molecular flexibility index (Phi) is 6.77. The molecule has 0 amide bonds. The Morgan fingerprint density at radius 2 is 2.16 bits per heavy atom. The van der Waals surface area contributed by atoms with Crippen molar-refractivity contribution >= 4 is 5.82 Å². The van der Waals surface area contributed by atoms with Crippen molar-refractivity contribution in [3.05, 3.63) is 23.9 Å². The average molecular weight is 267 g/mol. The molecule has 2 atom stereocenters. The molecule has 0 bridgehead atoms. The molecule has 1 unspecified atom stereocenters. The lowest BCUT2D eigenvalue weighted by atomic mass is 10.1. The van der Waals surface area contributed by atoms with E-state index in [1.54, 1.807) is 6.20 Å². The molecule has 0 aromatic carbocycles. The molecule has 19 heavy (non-hydrogen) atoms. The standard InChI is InChI=1S/C14H25N3O2/c1-4-7-17(11(2)10-18)9-13(19)12-5-6-14(15-3)16-8-12/h5-6,8,11,13,18-19H,4,7,9-10H2,1-3H3,(H,15,16)/t11-,13?/m0/s1. The second kappa shape index (κ2) is 8.09. The minimum absolute atomic E-state index is 0.0548. The van der Waals surface area contributed by atoms with E-state index in [1.165, 1.54) is 0 Å². The molecule has 0 radical (unpaired) electrons. The highest BCUT2D eigenvalue weighted by molar-refractivity contribution is 5.35. The summed E-state index contributed by atoms with van der Waals surface area (Å²) in [5, 5.41) is 22.4. The van der Waals surface area contributed by atoms with Crippen LogP contribution in [0, 0.1) is 0 Å². The number of nitrogens with one attached hydrogen (secondary N) is 1. The van der Waals surface area contributed by atoms with E-state index in [2.05, 4.69) is 22.1 Å². The van der Waals surface area contributed by atoms with E-state index in [1.807, 2.05) is 26.1 Å². The van der Waals surface area contributed by atoms with Crippen molar-refractivity contribution < 1.29 is 10.2 Å². The Labute approximate surface area is 115 Å². The zero-order valence-corrected chi connectivity index (χ0v) is 12.0. The van der Waals surface area contributed by atoms with Crippen molar-refractivity contribution in [1.82, 2.24) is 9.88 Å². The Balaban J connectivity index is 2.66. The molecule has 0 aliphatic rings. The Hall–Kier alpha value is -1.17. The molecule has 0 aliphatic carbocycles. The third-order valence-electron chi connectivity index (χ3n) is 3.23. The first kappa shape index (κ1) is 15.9. The molecule has 0 saturated carbocycles. The number of aliphatic hydroxyl groups excluding tert-OH is 2. The molecule has 108 valence electrons. The molecule has 1 aromatic heterocycles. The molecular weight excluding hydrogens is 242 g/mol. The maximum Gasteiger partial charge on any atom is 0.125 e. The summed E-state index contributed by atoms with van der Waals surface area (Å²) < 4.78 is 0. The number of pyridine rings is 1. The number of anilines is 1. The van der Waals surface area contributed by atoms with Gasteiger partial charge in [-0.25, -0.2) is 4.98 Å². The van der Waals surface area contributed by atoms with Gasteiger partial charge in [-0.2, -0.15) is 0 Å². The lowest BCUT2D eigenvalue weighted by Gasteiger charge is -2.29. The highest BCUT2D eigenvalue weighted by Gasteiger charge is 2.17. The number of hydrogen-bond donors (Lipinski definition) is 3. The van der Waals surface area contributed by atoms with Crippen molar-refractivity contribution in [2.75, 3.05) is 32.1 Å². The maximum absolute atomic E-state index is 10.2. The van der Waals surface area contributed by atoms with Crippen LogP contribution in [0.3, 0.4) is 0 Å². The monoisotopic (exact) mass is 267 g/mol. The largest absolute Gasteiger partial charge is 0.395 e. The van der Waals surface area contributed by atoms with Crippen molar-refractivity contribution in [3.8, 4) is 0 Å². The molecule has 5 nitrogen and oxygen atoms in total. The molecule has 0 spiro atoms. The van der Waals surface area contributed by atoms with Gasteiger partial charge < -0.3 is 15.5 Å². The molecule has 3 N–H and O–H groups in total. The molecule has 0 aliphatic heterocycles. The first-order valence-corrected chi connectivity index (χ1v) is 6.79. The Morgan fingerprint density at radius 3 is 2.63 bits per heavy atom. The van der Waals surface area contributed by atoms with Crippen LogP contribution in [-0.2, 0) is 0 Å². The Bertz CT molecular complexity index is 356.